The molecule has 0 radical (unpaired) electrons. The normalized spacial score (nSPS) is 13.2. The molecule has 0 saturated heterocycles. The minimum Gasteiger partial charge on any atom is -0.483 e. The van der Waals surface area contributed by atoms with Crippen LogP contribution in [-0.2, 0) is 22.4 Å². The van der Waals surface area contributed by atoms with Gasteiger partial charge in [0.2, 0.25) is 0 Å². The Labute approximate surface area is 166 Å². The molecule has 0 bridgehead atoms. The van der Waals surface area contributed by atoms with E-state index in [2.05, 4.69) is 5.32 Å². The maximum absolute atomic E-state index is 12.4. The van der Waals surface area contributed by atoms with Crippen LogP contribution in [0.5, 0.6) is 5.75 Å². The van der Waals surface area contributed by atoms with Gasteiger partial charge in [0.05, 0.1) is 18.2 Å². The lowest BCUT2D eigenvalue weighted by atomic mass is 10.1. The SMILES string of the molecule is COC(=O)c1c(NC(=O)COc2ccccc2C(N)=O)sc2c1CCCCC2. The van der Waals surface area contributed by atoms with Gasteiger partial charge in [-0.25, -0.2) is 4.79 Å². The smallest absolute Gasteiger partial charge is 0.341 e. The molecule has 1 aliphatic carbocycles. The van der Waals surface area contributed by atoms with Crippen LogP contribution in [-0.4, -0.2) is 31.5 Å². The Hall–Kier alpha value is -2.87. The van der Waals surface area contributed by atoms with Crippen molar-refractivity contribution >= 4 is 34.1 Å². The number of rotatable bonds is 6. The molecule has 1 aliphatic rings. The van der Waals surface area contributed by atoms with Gasteiger partial charge in [0.15, 0.2) is 6.61 Å². The topological polar surface area (TPSA) is 108 Å². The molecular formula is C20H22N2O5S. The van der Waals surface area contributed by atoms with E-state index in [1.807, 2.05) is 0 Å². The number of hydrogen-bond donors (Lipinski definition) is 2. The van der Waals surface area contributed by atoms with Crippen LogP contribution in [0.2, 0.25) is 0 Å². The standard InChI is InChI=1S/C20H22N2O5S/c1-26-20(25)17-13-8-3-2-4-10-15(13)28-19(17)22-16(23)11-27-14-9-6-5-7-12(14)18(21)24/h5-7,9H,2-4,8,10-11H2,1H3,(H2,21,24)(H,22,23). The average Bonchev–Trinajstić information content (AvgIpc) is 2.86. The number of thiophene rings is 1. The summed E-state index contributed by atoms with van der Waals surface area (Å²) < 4.78 is 10.4. The highest BCUT2D eigenvalue weighted by molar-refractivity contribution is 7.17. The Kier molecular flexibility index (Phi) is 6.30. The third-order valence-corrected chi connectivity index (χ3v) is 5.78. The van der Waals surface area contributed by atoms with Crippen molar-refractivity contribution < 1.29 is 23.9 Å². The lowest BCUT2D eigenvalue weighted by Gasteiger charge is -2.10. The van der Waals surface area contributed by atoms with Crippen LogP contribution in [0.3, 0.4) is 0 Å². The van der Waals surface area contributed by atoms with Gasteiger partial charge >= 0.3 is 5.97 Å². The molecule has 3 rings (SSSR count). The van der Waals surface area contributed by atoms with E-state index in [0.717, 1.165) is 42.5 Å². The number of amides is 2. The Morgan fingerprint density at radius 2 is 1.89 bits per heavy atom. The molecule has 0 atom stereocenters. The highest BCUT2D eigenvalue weighted by atomic mass is 32.1. The molecule has 1 aromatic carbocycles. The Morgan fingerprint density at radius 1 is 1.14 bits per heavy atom. The number of ether oxygens (including phenoxy) is 2. The van der Waals surface area contributed by atoms with Crippen molar-refractivity contribution in [2.75, 3.05) is 19.0 Å². The molecule has 7 nitrogen and oxygen atoms in total. The van der Waals surface area contributed by atoms with Gasteiger partial charge in [-0.05, 0) is 43.4 Å². The number of aryl methyl sites for hydroxylation is 1. The van der Waals surface area contributed by atoms with E-state index < -0.39 is 17.8 Å². The summed E-state index contributed by atoms with van der Waals surface area (Å²) in [5.41, 5.74) is 6.93. The number of benzene rings is 1. The summed E-state index contributed by atoms with van der Waals surface area (Å²) in [6, 6.07) is 6.45. The van der Waals surface area contributed by atoms with Gasteiger partial charge < -0.3 is 20.5 Å². The van der Waals surface area contributed by atoms with E-state index in [1.165, 1.54) is 24.5 Å². The number of primary amides is 1. The molecule has 28 heavy (non-hydrogen) atoms. The molecule has 1 heterocycles. The van der Waals surface area contributed by atoms with E-state index in [9.17, 15) is 14.4 Å². The van der Waals surface area contributed by atoms with Crippen molar-refractivity contribution in [1.29, 1.82) is 0 Å². The predicted octanol–water partition coefficient (Wildman–Crippen LogP) is 2.92. The molecule has 0 saturated carbocycles. The monoisotopic (exact) mass is 402 g/mol. The number of para-hydroxylation sites is 1. The summed E-state index contributed by atoms with van der Waals surface area (Å²) in [5, 5.41) is 3.24. The summed E-state index contributed by atoms with van der Waals surface area (Å²) >= 11 is 1.41. The number of carbonyl (C=O) groups is 3. The van der Waals surface area contributed by atoms with Crippen LogP contribution < -0.4 is 15.8 Å². The van der Waals surface area contributed by atoms with Crippen LogP contribution in [0, 0.1) is 0 Å². The van der Waals surface area contributed by atoms with Gasteiger partial charge in [-0.3, -0.25) is 9.59 Å². The second-order valence-electron chi connectivity index (χ2n) is 6.46. The highest BCUT2D eigenvalue weighted by Gasteiger charge is 2.26. The van der Waals surface area contributed by atoms with Crippen LogP contribution in [0.15, 0.2) is 24.3 Å². The van der Waals surface area contributed by atoms with Gasteiger partial charge in [0.25, 0.3) is 11.8 Å². The first kappa shape index (κ1) is 19.9. The quantitative estimate of drug-likeness (QED) is 0.571. The van der Waals surface area contributed by atoms with E-state index in [-0.39, 0.29) is 17.9 Å². The van der Waals surface area contributed by atoms with E-state index in [4.69, 9.17) is 15.2 Å². The largest absolute Gasteiger partial charge is 0.483 e. The first-order valence-corrected chi connectivity index (χ1v) is 9.87. The zero-order valence-electron chi connectivity index (χ0n) is 15.6. The molecule has 2 amide bonds. The van der Waals surface area contributed by atoms with Crippen molar-refractivity contribution in [3.63, 3.8) is 0 Å². The van der Waals surface area contributed by atoms with Gasteiger partial charge in [0, 0.05) is 4.88 Å². The lowest BCUT2D eigenvalue weighted by Crippen LogP contribution is -2.22. The van der Waals surface area contributed by atoms with Crippen LogP contribution in [0.4, 0.5) is 5.00 Å². The summed E-state index contributed by atoms with van der Waals surface area (Å²) in [5.74, 6) is -1.28. The number of carbonyl (C=O) groups excluding carboxylic acids is 3. The average molecular weight is 402 g/mol. The Balaban J connectivity index is 1.75. The summed E-state index contributed by atoms with van der Waals surface area (Å²) in [6.45, 7) is -0.312. The summed E-state index contributed by atoms with van der Waals surface area (Å²) in [6.07, 6.45) is 4.89. The van der Waals surface area contributed by atoms with Crippen molar-refractivity contribution in [3.8, 4) is 5.75 Å². The fraction of sp³-hybridized carbons (Fsp3) is 0.350. The molecule has 0 aliphatic heterocycles. The van der Waals surface area contributed by atoms with Gasteiger partial charge in [-0.15, -0.1) is 11.3 Å². The third kappa shape index (κ3) is 4.33. The number of nitrogens with one attached hydrogen (secondary N) is 1. The zero-order valence-corrected chi connectivity index (χ0v) is 16.4. The molecule has 0 unspecified atom stereocenters. The van der Waals surface area contributed by atoms with Gasteiger partial charge in [-0.1, -0.05) is 18.6 Å². The Bertz CT molecular complexity index is 906. The number of anilines is 1. The van der Waals surface area contributed by atoms with Gasteiger partial charge in [0.1, 0.15) is 10.8 Å². The van der Waals surface area contributed by atoms with E-state index in [1.54, 1.807) is 18.2 Å². The number of fused-ring (bicyclic) bond motifs is 1. The maximum atomic E-state index is 12.4. The van der Waals surface area contributed by atoms with Crippen molar-refractivity contribution in [2.45, 2.75) is 32.1 Å². The molecule has 0 spiro atoms. The van der Waals surface area contributed by atoms with Crippen molar-refractivity contribution in [3.05, 3.63) is 45.8 Å². The molecule has 148 valence electrons. The van der Waals surface area contributed by atoms with E-state index in [0.29, 0.717) is 10.6 Å². The van der Waals surface area contributed by atoms with Crippen LogP contribution in [0.1, 0.15) is 50.4 Å². The number of hydrogen-bond acceptors (Lipinski definition) is 6. The molecule has 0 fully saturated rings. The second-order valence-corrected chi connectivity index (χ2v) is 7.56. The summed E-state index contributed by atoms with van der Waals surface area (Å²) in [4.78, 5) is 37.3. The van der Waals surface area contributed by atoms with Crippen molar-refractivity contribution in [1.82, 2.24) is 0 Å². The summed E-state index contributed by atoms with van der Waals surface area (Å²) in [7, 11) is 1.33. The number of esters is 1. The number of methoxy groups -OCH3 is 1. The predicted molar refractivity (Wildman–Crippen MR) is 106 cm³/mol. The van der Waals surface area contributed by atoms with E-state index >= 15 is 0 Å². The van der Waals surface area contributed by atoms with Gasteiger partial charge in [-0.2, -0.15) is 0 Å². The highest BCUT2D eigenvalue weighted by Crippen LogP contribution is 2.37. The van der Waals surface area contributed by atoms with Crippen LogP contribution in [0.25, 0.3) is 0 Å². The Morgan fingerprint density at radius 3 is 2.64 bits per heavy atom. The molecule has 3 N–H and O–H groups in total. The lowest BCUT2D eigenvalue weighted by molar-refractivity contribution is -0.118. The van der Waals surface area contributed by atoms with Crippen molar-refractivity contribution in [2.24, 2.45) is 5.73 Å². The molecule has 8 heteroatoms. The minimum atomic E-state index is -0.633. The molecule has 1 aromatic heterocycles. The first-order chi connectivity index (χ1) is 13.5. The first-order valence-electron chi connectivity index (χ1n) is 9.05. The zero-order chi connectivity index (χ0) is 20.1. The second kappa shape index (κ2) is 8.88. The molecular weight excluding hydrogens is 380 g/mol. The number of nitrogens with two attached hydrogens (primary N) is 1. The van der Waals surface area contributed by atoms with Crippen LogP contribution >= 0.6 is 11.3 Å². The third-order valence-electron chi connectivity index (χ3n) is 4.58. The fourth-order valence-electron chi connectivity index (χ4n) is 3.25. The maximum Gasteiger partial charge on any atom is 0.341 e. The molecule has 2 aromatic rings. The minimum absolute atomic E-state index is 0.202. The fourth-order valence-corrected chi connectivity index (χ4v) is 4.54.